The van der Waals surface area contributed by atoms with E-state index in [1.807, 2.05) is 0 Å². The van der Waals surface area contributed by atoms with E-state index in [1.54, 1.807) is 0 Å². The molecule has 4 heteroatoms. The zero-order valence-corrected chi connectivity index (χ0v) is 77.7. The van der Waals surface area contributed by atoms with Crippen LogP contribution in [0.15, 0.2) is 425 Å². The molecule has 1 aliphatic carbocycles. The summed E-state index contributed by atoms with van der Waals surface area (Å²) in [5, 5.41) is 10.7. The number of fused-ring (bicyclic) bond motifs is 12. The van der Waals surface area contributed by atoms with Crippen molar-refractivity contribution in [1.29, 1.82) is 0 Å². The summed E-state index contributed by atoms with van der Waals surface area (Å²) in [5.74, 6) is 0. The summed E-state index contributed by atoms with van der Waals surface area (Å²) in [4.78, 5) is 0. The van der Waals surface area contributed by atoms with Gasteiger partial charge in [0.2, 0.25) is 0 Å². The maximum atomic E-state index is 2.40. The van der Waals surface area contributed by atoms with Gasteiger partial charge in [0.15, 0.2) is 0 Å². The number of benzene rings is 18. The van der Waals surface area contributed by atoms with Crippen LogP contribution in [0.2, 0.25) is 0 Å². The lowest BCUT2D eigenvalue weighted by molar-refractivity contribution is 0.346. The lowest BCUT2D eigenvalue weighted by atomic mass is 9.65. The standard InChI is InChI=1S/C27H24.4C20H17N.C20H24/c1-21-13-17-25(18-14-21)27(23-9-5-3-6-10-23,24-11-7-4-8-12-24)26-19-15-22(2)16-20-26;1-14-10-12-16(13-11-14)21-19-9-4-3-7-17(19)18-8-5-6-15(2)20(18)21;1-14-8-6-12-17-19(14)20-15(2)9-7-13-18(20)21(17)16-10-4-3-5-11-16;1-14-8-6-12-17-18-13-7-9-15(2)20(18)21(19(14)17)16-10-4-3-5-11-16;1-14-7-10-16(11-8-14)21-19-6-4-3-5-17(19)18-13-15(2)9-12-20(18)21;1-16-6-10-18(11-7-16)20(14-4-3-5-15-20)19-12-8-17(2)9-13-19/h3-20H,1-2H3;4*3-13H,1-2H3;6-13H,3-5,14-15H2,1-2H3. The fourth-order valence-corrected chi connectivity index (χ4v) is 20.4. The lowest BCUT2D eigenvalue weighted by Gasteiger charge is -2.38. The molecule has 22 aromatic rings. The van der Waals surface area contributed by atoms with Gasteiger partial charge in [0.25, 0.3) is 0 Å². The maximum Gasteiger partial charge on any atom is 0.0701 e. The molecule has 4 nitrogen and oxygen atoms in total. The highest BCUT2D eigenvalue weighted by molar-refractivity contribution is 6.14. The fourth-order valence-electron chi connectivity index (χ4n) is 20.4. The van der Waals surface area contributed by atoms with Crippen LogP contribution in [0.3, 0.4) is 0 Å². The minimum atomic E-state index is -0.343. The molecule has 4 heterocycles. The minimum Gasteiger partial charge on any atom is -0.309 e. The molecule has 0 saturated heterocycles. The van der Waals surface area contributed by atoms with Crippen LogP contribution in [0.1, 0.15) is 132 Å². The first kappa shape index (κ1) is 86.9. The van der Waals surface area contributed by atoms with Gasteiger partial charge in [-0.05, 0) is 242 Å². The second-order valence-electron chi connectivity index (χ2n) is 36.2. The van der Waals surface area contributed by atoms with Gasteiger partial charge in [0, 0.05) is 71.3 Å². The summed E-state index contributed by atoms with van der Waals surface area (Å²) in [7, 11) is 0. The Morgan fingerprint density at radius 2 is 0.466 bits per heavy atom. The third-order valence-electron chi connectivity index (χ3n) is 27.1. The van der Waals surface area contributed by atoms with E-state index >= 15 is 0 Å². The Bertz CT molecular complexity index is 7450. The summed E-state index contributed by atoms with van der Waals surface area (Å²) in [6, 6.07) is 154. The number of para-hydroxylation sites is 7. The van der Waals surface area contributed by atoms with Gasteiger partial charge in [-0.3, -0.25) is 0 Å². The molecule has 1 fully saturated rings. The Morgan fingerprint density at radius 1 is 0.191 bits per heavy atom. The van der Waals surface area contributed by atoms with Crippen LogP contribution >= 0.6 is 0 Å². The summed E-state index contributed by atoms with van der Waals surface area (Å²) >= 11 is 0. The first-order valence-electron chi connectivity index (χ1n) is 46.6. The third-order valence-corrected chi connectivity index (χ3v) is 27.1. The summed E-state index contributed by atoms with van der Waals surface area (Å²) in [6.07, 6.45) is 6.67. The van der Waals surface area contributed by atoms with Crippen molar-refractivity contribution in [2.24, 2.45) is 0 Å². The molecule has 0 spiro atoms. The quantitative estimate of drug-likeness (QED) is 0.122. The van der Waals surface area contributed by atoms with E-state index in [4.69, 9.17) is 0 Å². The molecule has 0 radical (unpaired) electrons. The van der Waals surface area contributed by atoms with Crippen molar-refractivity contribution in [3.63, 3.8) is 0 Å². The van der Waals surface area contributed by atoms with Crippen LogP contribution in [-0.4, -0.2) is 18.3 Å². The second kappa shape index (κ2) is 38.2. The number of rotatable bonds is 10. The van der Waals surface area contributed by atoms with E-state index in [1.165, 1.54) is 242 Å². The number of hydrogen-bond acceptors (Lipinski definition) is 0. The van der Waals surface area contributed by atoms with Crippen LogP contribution in [-0.2, 0) is 10.8 Å². The number of nitrogens with zero attached hydrogens (tertiary/aromatic N) is 4. The predicted octanol–water partition coefficient (Wildman–Crippen LogP) is 33.8. The average Bonchev–Trinajstić information content (AvgIpc) is 0.827. The molecule has 0 unspecified atom stereocenters. The zero-order valence-electron chi connectivity index (χ0n) is 77.7. The molecular formula is C127H116N4. The van der Waals surface area contributed by atoms with E-state index in [0.29, 0.717) is 0 Å². The molecule has 0 N–H and O–H groups in total. The van der Waals surface area contributed by atoms with E-state index < -0.39 is 0 Å². The Morgan fingerprint density at radius 3 is 0.893 bits per heavy atom. The second-order valence-corrected chi connectivity index (χ2v) is 36.2. The van der Waals surface area contributed by atoms with Gasteiger partial charge in [-0.15, -0.1) is 0 Å². The third kappa shape index (κ3) is 17.3. The van der Waals surface area contributed by atoms with Crippen molar-refractivity contribution in [1.82, 2.24) is 18.3 Å². The van der Waals surface area contributed by atoms with Gasteiger partial charge in [-0.2, -0.15) is 0 Å². The molecule has 0 aliphatic heterocycles. The topological polar surface area (TPSA) is 19.7 Å². The van der Waals surface area contributed by atoms with E-state index in [0.717, 1.165) is 0 Å². The molecule has 4 aromatic heterocycles. The number of aryl methyl sites for hydroxylation is 12. The molecule has 131 heavy (non-hydrogen) atoms. The van der Waals surface area contributed by atoms with Gasteiger partial charge in [-0.25, -0.2) is 0 Å². The maximum absolute atomic E-state index is 2.40. The first-order chi connectivity index (χ1) is 63.9. The van der Waals surface area contributed by atoms with Crippen LogP contribution < -0.4 is 0 Å². The van der Waals surface area contributed by atoms with Crippen molar-refractivity contribution in [3.8, 4) is 22.7 Å². The number of aromatic nitrogens is 4. The number of hydrogen-bond donors (Lipinski definition) is 0. The Balaban J connectivity index is 0.000000106. The summed E-state index contributed by atoms with van der Waals surface area (Å²) < 4.78 is 9.49. The van der Waals surface area contributed by atoms with Crippen molar-refractivity contribution >= 4 is 87.2 Å². The summed E-state index contributed by atoms with van der Waals surface area (Å²) in [6.45, 7) is 26.0. The smallest absolute Gasteiger partial charge is 0.0701 e. The molecule has 0 amide bonds. The van der Waals surface area contributed by atoms with Crippen molar-refractivity contribution in [3.05, 3.63) is 525 Å². The predicted molar refractivity (Wildman–Crippen MR) is 561 cm³/mol. The van der Waals surface area contributed by atoms with Crippen LogP contribution in [0, 0.1) is 83.1 Å². The molecule has 0 atom stereocenters. The van der Waals surface area contributed by atoms with Crippen LogP contribution in [0.4, 0.5) is 0 Å². The normalized spacial score (nSPS) is 12.3. The molecule has 644 valence electrons. The lowest BCUT2D eigenvalue weighted by Crippen LogP contribution is -2.31. The van der Waals surface area contributed by atoms with E-state index in [-0.39, 0.29) is 10.8 Å². The molecule has 0 bridgehead atoms. The molecule has 1 saturated carbocycles. The van der Waals surface area contributed by atoms with Crippen molar-refractivity contribution < 1.29 is 0 Å². The Hall–Kier alpha value is -14.8. The Kier molecular flexibility index (Phi) is 25.3. The summed E-state index contributed by atoms with van der Waals surface area (Å²) in [5.41, 5.74) is 39.0. The highest BCUT2D eigenvalue weighted by Gasteiger charge is 2.39. The highest BCUT2D eigenvalue weighted by atomic mass is 15.0. The zero-order chi connectivity index (χ0) is 90.3. The monoisotopic (exact) mass is 1700 g/mol. The van der Waals surface area contributed by atoms with Gasteiger partial charge in [0.05, 0.1) is 49.5 Å². The largest absolute Gasteiger partial charge is 0.309 e. The first-order valence-corrected chi connectivity index (χ1v) is 46.6. The molecular weight excluding hydrogens is 1580 g/mol. The SMILES string of the molecule is Cc1ccc(-n2c3ccccc3c3cc(C)ccc32)cc1.Cc1ccc(-n2c3ccccc3c3cccc(C)c32)cc1.Cc1ccc(C(c2ccccc2)(c2ccccc2)c2ccc(C)cc2)cc1.Cc1ccc(C2(c3ccc(C)cc3)CCCCC2)cc1.Cc1cccc2c1c1c(C)cccc1n2-c1ccccc1.Cc1cccc2c3cccc(C)c3n(-c3ccccc3)c12. The average molecular weight is 1700 g/mol. The van der Waals surface area contributed by atoms with Crippen molar-refractivity contribution in [2.75, 3.05) is 0 Å². The Labute approximate surface area is 773 Å². The van der Waals surface area contributed by atoms with Gasteiger partial charge >= 0.3 is 0 Å². The van der Waals surface area contributed by atoms with Crippen molar-refractivity contribution in [2.45, 2.75) is 126 Å². The van der Waals surface area contributed by atoms with Crippen LogP contribution in [0.5, 0.6) is 0 Å². The highest BCUT2D eigenvalue weighted by Crippen LogP contribution is 2.48. The molecule has 23 rings (SSSR count). The van der Waals surface area contributed by atoms with Gasteiger partial charge in [-0.1, -0.05) is 398 Å². The molecule has 18 aromatic carbocycles. The van der Waals surface area contributed by atoms with Gasteiger partial charge < -0.3 is 18.3 Å². The molecule has 1 aliphatic rings. The van der Waals surface area contributed by atoms with E-state index in [2.05, 4.69) is 526 Å². The van der Waals surface area contributed by atoms with Gasteiger partial charge in [0.1, 0.15) is 0 Å². The fraction of sp³-hybridized carbons (Fsp3) is 0.150. The minimum absolute atomic E-state index is 0.250. The van der Waals surface area contributed by atoms with E-state index in [9.17, 15) is 0 Å². The van der Waals surface area contributed by atoms with Crippen LogP contribution in [0.25, 0.3) is 110 Å².